The van der Waals surface area contributed by atoms with Gasteiger partial charge in [-0.05, 0) is 25.7 Å². The van der Waals surface area contributed by atoms with Gasteiger partial charge in [-0.25, -0.2) is 0 Å². The second kappa shape index (κ2) is 4.69. The minimum atomic E-state index is -1.16. The zero-order chi connectivity index (χ0) is 16.1. The van der Waals surface area contributed by atoms with Crippen LogP contribution in [0.2, 0.25) is 0 Å². The number of rotatable bonds is 2. The fourth-order valence-corrected chi connectivity index (χ4v) is 4.86. The van der Waals surface area contributed by atoms with Crippen molar-refractivity contribution in [1.82, 2.24) is 0 Å². The summed E-state index contributed by atoms with van der Waals surface area (Å²) in [5.41, 5.74) is -1.57. The summed E-state index contributed by atoms with van der Waals surface area (Å²) in [6, 6.07) is 0. The average molecular weight is 310 g/mol. The second-order valence-corrected chi connectivity index (χ2v) is 6.33. The molecule has 8 heteroatoms. The van der Waals surface area contributed by atoms with E-state index in [2.05, 4.69) is 10.3 Å². The van der Waals surface area contributed by atoms with E-state index >= 15 is 0 Å². The van der Waals surface area contributed by atoms with Crippen molar-refractivity contribution in [2.75, 3.05) is 14.2 Å². The topological polar surface area (TPSA) is 118 Å². The van der Waals surface area contributed by atoms with Crippen LogP contribution in [0.1, 0.15) is 25.7 Å². The number of ether oxygens (including phenoxy) is 2. The Balaban J connectivity index is 2.19. The first-order valence-electron chi connectivity index (χ1n) is 7.10. The van der Waals surface area contributed by atoms with E-state index < -0.39 is 22.8 Å². The summed E-state index contributed by atoms with van der Waals surface area (Å²) in [6.07, 6.45) is 1.25. The van der Waals surface area contributed by atoms with Gasteiger partial charge < -0.3 is 19.9 Å². The molecule has 0 radical (unpaired) electrons. The SMILES string of the molecule is COC(=O)[C@]12C[C@@H]3C[C@@H](C[C@](C(=O)OC)(C1)/C3=N\O)/C2=N/O. The van der Waals surface area contributed by atoms with Crippen LogP contribution in [0, 0.1) is 22.7 Å². The first kappa shape index (κ1) is 14.8. The molecule has 0 aromatic rings. The maximum absolute atomic E-state index is 12.4. The van der Waals surface area contributed by atoms with Crippen LogP contribution in [-0.4, -0.2) is 48.0 Å². The number of esters is 2. The highest BCUT2D eigenvalue weighted by molar-refractivity contribution is 6.18. The number of nitrogens with zero attached hydrogens (tertiary/aromatic N) is 2. The van der Waals surface area contributed by atoms with Crippen LogP contribution >= 0.6 is 0 Å². The predicted molar refractivity (Wildman–Crippen MR) is 72.8 cm³/mol. The quantitative estimate of drug-likeness (QED) is 0.442. The molecule has 0 unspecified atom stereocenters. The Morgan fingerprint density at radius 1 is 1.00 bits per heavy atom. The van der Waals surface area contributed by atoms with Gasteiger partial charge in [0.25, 0.3) is 0 Å². The zero-order valence-electron chi connectivity index (χ0n) is 12.4. The van der Waals surface area contributed by atoms with E-state index in [-0.39, 0.29) is 18.3 Å². The summed E-state index contributed by atoms with van der Waals surface area (Å²) in [4.78, 5) is 24.8. The summed E-state index contributed by atoms with van der Waals surface area (Å²) < 4.78 is 9.82. The van der Waals surface area contributed by atoms with Crippen LogP contribution in [0.25, 0.3) is 0 Å². The standard InChI is InChI=1S/C14H18N2O6/c1-21-11(17)13-4-7-3-8(9(13)15-19)5-14(6-13,10(7)16-20)12(18)22-2/h7-8,19-20H,3-6H2,1-2H3/b15-9-,16-10-/t7-,8-,13-,14+/m0/s1. The predicted octanol–water partition coefficient (Wildman–Crippen LogP) is 0.799. The fraction of sp³-hybridized carbons (Fsp3) is 0.714. The highest BCUT2D eigenvalue weighted by atomic mass is 16.5. The summed E-state index contributed by atoms with van der Waals surface area (Å²) in [5, 5.41) is 25.5. The Morgan fingerprint density at radius 2 is 1.41 bits per heavy atom. The largest absolute Gasteiger partial charge is 0.468 e. The lowest BCUT2D eigenvalue weighted by Gasteiger charge is -2.58. The van der Waals surface area contributed by atoms with Gasteiger partial charge in [-0.15, -0.1) is 0 Å². The lowest BCUT2D eigenvalue weighted by atomic mass is 9.42. The molecule has 4 aliphatic carbocycles. The van der Waals surface area contributed by atoms with E-state index in [0.29, 0.717) is 30.7 Å². The third-order valence-electron chi connectivity index (χ3n) is 5.48. The average Bonchev–Trinajstić information content (AvgIpc) is 2.52. The molecular formula is C14H18N2O6. The number of carbonyl (C=O) groups is 2. The van der Waals surface area contributed by atoms with Crippen molar-refractivity contribution >= 4 is 23.4 Å². The molecule has 4 fully saturated rings. The maximum atomic E-state index is 12.4. The van der Waals surface area contributed by atoms with Crippen molar-refractivity contribution in [3.05, 3.63) is 0 Å². The lowest BCUT2D eigenvalue weighted by Crippen LogP contribution is -2.67. The van der Waals surface area contributed by atoms with Crippen molar-refractivity contribution in [2.45, 2.75) is 25.7 Å². The molecular weight excluding hydrogens is 292 g/mol. The minimum Gasteiger partial charge on any atom is -0.468 e. The van der Waals surface area contributed by atoms with Gasteiger partial charge in [0.1, 0.15) is 10.8 Å². The minimum absolute atomic E-state index is 0.0468. The Labute approximate surface area is 126 Å². The smallest absolute Gasteiger partial charge is 0.317 e. The highest BCUT2D eigenvalue weighted by Crippen LogP contribution is 2.63. The maximum Gasteiger partial charge on any atom is 0.317 e. The molecule has 0 saturated heterocycles. The monoisotopic (exact) mass is 310 g/mol. The van der Waals surface area contributed by atoms with Gasteiger partial charge in [0.05, 0.1) is 25.6 Å². The van der Waals surface area contributed by atoms with E-state index in [1.165, 1.54) is 14.2 Å². The van der Waals surface area contributed by atoms with E-state index in [4.69, 9.17) is 9.47 Å². The summed E-state index contributed by atoms with van der Waals surface area (Å²) in [6.45, 7) is 0. The molecule has 4 rings (SSSR count). The fourth-order valence-electron chi connectivity index (χ4n) is 4.86. The molecule has 4 atom stereocenters. The Kier molecular flexibility index (Phi) is 3.15. The van der Waals surface area contributed by atoms with Crippen molar-refractivity contribution in [3.8, 4) is 0 Å². The molecule has 22 heavy (non-hydrogen) atoms. The number of hydrogen-bond donors (Lipinski definition) is 2. The van der Waals surface area contributed by atoms with Crippen molar-refractivity contribution in [3.63, 3.8) is 0 Å². The van der Waals surface area contributed by atoms with E-state index in [0.717, 1.165) is 0 Å². The van der Waals surface area contributed by atoms with Crippen LogP contribution in [0.4, 0.5) is 0 Å². The van der Waals surface area contributed by atoms with Crippen LogP contribution in [0.15, 0.2) is 10.3 Å². The van der Waals surface area contributed by atoms with Crippen molar-refractivity contribution in [1.29, 1.82) is 0 Å². The summed E-state index contributed by atoms with van der Waals surface area (Å²) in [7, 11) is 2.53. The van der Waals surface area contributed by atoms with Crippen LogP contribution in [0.3, 0.4) is 0 Å². The number of oxime groups is 2. The molecule has 0 aromatic heterocycles. The van der Waals surface area contributed by atoms with Crippen LogP contribution in [0.5, 0.6) is 0 Å². The summed E-state index contributed by atoms with van der Waals surface area (Å²) in [5.74, 6) is -1.53. The van der Waals surface area contributed by atoms with E-state index in [1.807, 2.05) is 0 Å². The van der Waals surface area contributed by atoms with Crippen LogP contribution < -0.4 is 0 Å². The molecule has 2 N–H and O–H groups in total. The third-order valence-corrected chi connectivity index (χ3v) is 5.48. The Hall–Kier alpha value is -2.12. The first-order chi connectivity index (χ1) is 10.5. The molecule has 0 heterocycles. The molecule has 4 saturated carbocycles. The normalized spacial score (nSPS) is 42.6. The molecule has 0 aliphatic heterocycles. The molecule has 120 valence electrons. The molecule has 0 spiro atoms. The number of hydrogen-bond acceptors (Lipinski definition) is 8. The zero-order valence-corrected chi connectivity index (χ0v) is 12.4. The van der Waals surface area contributed by atoms with Gasteiger partial charge >= 0.3 is 11.9 Å². The summed E-state index contributed by atoms with van der Waals surface area (Å²) >= 11 is 0. The van der Waals surface area contributed by atoms with Gasteiger partial charge in [-0.1, -0.05) is 10.3 Å². The molecule has 4 aliphatic rings. The number of carbonyl (C=O) groups excluding carboxylic acids is 2. The molecule has 4 bridgehead atoms. The van der Waals surface area contributed by atoms with Gasteiger partial charge in [0.2, 0.25) is 0 Å². The molecule has 8 nitrogen and oxygen atoms in total. The van der Waals surface area contributed by atoms with Crippen molar-refractivity contribution < 1.29 is 29.5 Å². The van der Waals surface area contributed by atoms with E-state index in [1.54, 1.807) is 0 Å². The highest BCUT2D eigenvalue weighted by Gasteiger charge is 2.71. The van der Waals surface area contributed by atoms with Crippen LogP contribution in [-0.2, 0) is 19.1 Å². The van der Waals surface area contributed by atoms with Gasteiger partial charge in [0, 0.05) is 11.8 Å². The molecule has 0 aromatic carbocycles. The van der Waals surface area contributed by atoms with Gasteiger partial charge in [0.15, 0.2) is 0 Å². The van der Waals surface area contributed by atoms with Gasteiger partial charge in [-0.2, -0.15) is 0 Å². The van der Waals surface area contributed by atoms with Gasteiger partial charge in [-0.3, -0.25) is 9.59 Å². The van der Waals surface area contributed by atoms with Crippen molar-refractivity contribution in [2.24, 2.45) is 33.0 Å². The third kappa shape index (κ3) is 1.52. The Bertz CT molecular complexity index is 550. The Morgan fingerprint density at radius 3 is 1.73 bits per heavy atom. The lowest BCUT2D eigenvalue weighted by molar-refractivity contribution is -0.162. The first-order valence-corrected chi connectivity index (χ1v) is 7.10. The number of methoxy groups -OCH3 is 2. The van der Waals surface area contributed by atoms with E-state index in [9.17, 15) is 20.0 Å². The molecule has 0 amide bonds. The second-order valence-electron chi connectivity index (χ2n) is 6.33.